The van der Waals surface area contributed by atoms with E-state index >= 15 is 0 Å². The van der Waals surface area contributed by atoms with Crippen LogP contribution in [0.5, 0.6) is 0 Å². The minimum absolute atomic E-state index is 0.483. The predicted molar refractivity (Wildman–Crippen MR) is 46.1 cm³/mol. The van der Waals surface area contributed by atoms with Crippen LogP contribution in [0.4, 0.5) is 0 Å². The first-order valence-corrected chi connectivity index (χ1v) is 4.72. The summed E-state index contributed by atoms with van der Waals surface area (Å²) in [6, 6.07) is 2.04. The minimum Gasteiger partial charge on any atom is -0.304 e. The van der Waals surface area contributed by atoms with Crippen molar-refractivity contribution in [3.63, 3.8) is 0 Å². The van der Waals surface area contributed by atoms with Crippen LogP contribution in [0.25, 0.3) is 0 Å². The van der Waals surface area contributed by atoms with Gasteiger partial charge in [-0.25, -0.2) is 0 Å². The van der Waals surface area contributed by atoms with Crippen LogP contribution in [-0.2, 0) is 0 Å². The minimum atomic E-state index is 0.483. The van der Waals surface area contributed by atoms with Crippen LogP contribution in [0, 0.1) is 11.3 Å². The van der Waals surface area contributed by atoms with Gasteiger partial charge in [0.05, 0.1) is 12.6 Å². The van der Waals surface area contributed by atoms with Crippen molar-refractivity contribution in [2.24, 2.45) is 0 Å². The van der Waals surface area contributed by atoms with Gasteiger partial charge in [-0.05, 0) is 24.5 Å². The Balaban J connectivity index is 2.72. The van der Waals surface area contributed by atoms with Crippen LogP contribution in [0.1, 0.15) is 13.3 Å². The molecule has 2 nitrogen and oxygen atoms in total. The molecular formula is C7H14N2S. The fraction of sp³-hybridized carbons (Fsp3) is 0.857. The molecule has 0 aromatic heterocycles. The van der Waals surface area contributed by atoms with Gasteiger partial charge in [-0.15, -0.1) is 0 Å². The summed E-state index contributed by atoms with van der Waals surface area (Å²) in [5.41, 5.74) is 0. The van der Waals surface area contributed by atoms with Crippen molar-refractivity contribution in [3.05, 3.63) is 0 Å². The molecule has 0 aliphatic carbocycles. The van der Waals surface area contributed by atoms with Crippen molar-refractivity contribution < 1.29 is 0 Å². The van der Waals surface area contributed by atoms with Gasteiger partial charge in [0.2, 0.25) is 0 Å². The predicted octanol–water partition coefficient (Wildman–Crippen LogP) is 1.24. The summed E-state index contributed by atoms with van der Waals surface area (Å²) in [6.45, 7) is 3.62. The summed E-state index contributed by atoms with van der Waals surface area (Å²) < 4.78 is 0. The molecule has 0 heterocycles. The van der Waals surface area contributed by atoms with Gasteiger partial charge in [0.1, 0.15) is 0 Å². The van der Waals surface area contributed by atoms with Crippen LogP contribution in [0.15, 0.2) is 0 Å². The van der Waals surface area contributed by atoms with Crippen molar-refractivity contribution in [2.75, 3.05) is 24.6 Å². The molecule has 0 saturated heterocycles. The second-order valence-corrected chi connectivity index (χ2v) is 3.28. The van der Waals surface area contributed by atoms with E-state index in [9.17, 15) is 0 Å². The topological polar surface area (TPSA) is 35.8 Å². The van der Waals surface area contributed by atoms with Gasteiger partial charge in [0.15, 0.2) is 0 Å². The van der Waals surface area contributed by atoms with Crippen molar-refractivity contribution >= 4 is 11.8 Å². The van der Waals surface area contributed by atoms with Gasteiger partial charge in [0, 0.05) is 0 Å². The number of nitrogens with one attached hydrogen (secondary N) is 1. The Morgan fingerprint density at radius 3 is 3.00 bits per heavy atom. The van der Waals surface area contributed by atoms with Gasteiger partial charge in [-0.1, -0.05) is 6.92 Å². The molecule has 3 heteroatoms. The van der Waals surface area contributed by atoms with E-state index in [2.05, 4.69) is 12.2 Å². The summed E-state index contributed by atoms with van der Waals surface area (Å²) in [5, 5.41) is 11.2. The lowest BCUT2D eigenvalue weighted by atomic mass is 10.5. The first kappa shape index (κ1) is 9.80. The molecule has 58 valence electrons. The monoisotopic (exact) mass is 158 g/mol. The zero-order valence-electron chi connectivity index (χ0n) is 6.39. The number of nitriles is 1. The maximum absolute atomic E-state index is 8.15. The van der Waals surface area contributed by atoms with E-state index in [1.165, 1.54) is 17.9 Å². The smallest absolute Gasteiger partial charge is 0.0840 e. The highest BCUT2D eigenvalue weighted by Gasteiger charge is 1.85. The van der Waals surface area contributed by atoms with Crippen LogP contribution >= 0.6 is 11.8 Å². The summed E-state index contributed by atoms with van der Waals surface area (Å²) >= 11 is 1.94. The second-order valence-electron chi connectivity index (χ2n) is 1.89. The molecule has 0 unspecified atom stereocenters. The number of thioether (sulfide) groups is 1. The standard InChI is InChI=1S/C7H14N2S/c1-2-10-7-3-5-9-6-4-8/h9H,2-3,5-7H2,1H3. The highest BCUT2D eigenvalue weighted by molar-refractivity contribution is 7.99. The molecule has 0 amide bonds. The molecule has 0 saturated carbocycles. The van der Waals surface area contributed by atoms with E-state index in [0.717, 1.165) is 6.54 Å². The quantitative estimate of drug-likeness (QED) is 0.466. The van der Waals surface area contributed by atoms with Gasteiger partial charge in [-0.2, -0.15) is 17.0 Å². The fourth-order valence-electron chi connectivity index (χ4n) is 0.588. The van der Waals surface area contributed by atoms with E-state index in [1.54, 1.807) is 0 Å². The lowest BCUT2D eigenvalue weighted by molar-refractivity contribution is 0.738. The highest BCUT2D eigenvalue weighted by atomic mass is 32.2. The van der Waals surface area contributed by atoms with Crippen LogP contribution in [-0.4, -0.2) is 24.6 Å². The Labute approximate surface area is 67.0 Å². The highest BCUT2D eigenvalue weighted by Crippen LogP contribution is 1.98. The second kappa shape index (κ2) is 8.80. The lowest BCUT2D eigenvalue weighted by Gasteiger charge is -1.97. The molecule has 0 atom stereocenters. The number of hydrogen-bond donors (Lipinski definition) is 1. The molecule has 0 aliphatic heterocycles. The van der Waals surface area contributed by atoms with E-state index in [1.807, 2.05) is 17.8 Å². The number of rotatable bonds is 6. The van der Waals surface area contributed by atoms with E-state index in [-0.39, 0.29) is 0 Å². The van der Waals surface area contributed by atoms with Crippen molar-refractivity contribution in [3.8, 4) is 6.07 Å². The molecule has 0 aromatic rings. The third-order valence-corrected chi connectivity index (χ3v) is 2.04. The van der Waals surface area contributed by atoms with Gasteiger partial charge < -0.3 is 5.32 Å². The summed E-state index contributed by atoms with van der Waals surface area (Å²) in [4.78, 5) is 0. The average molecular weight is 158 g/mol. The van der Waals surface area contributed by atoms with Crippen molar-refractivity contribution in [1.82, 2.24) is 5.32 Å². The molecule has 1 N–H and O–H groups in total. The molecular weight excluding hydrogens is 144 g/mol. The van der Waals surface area contributed by atoms with E-state index < -0.39 is 0 Å². The van der Waals surface area contributed by atoms with Gasteiger partial charge in [-0.3, -0.25) is 0 Å². The zero-order chi connectivity index (χ0) is 7.66. The zero-order valence-corrected chi connectivity index (χ0v) is 7.21. The number of nitrogens with zero attached hydrogens (tertiary/aromatic N) is 1. The summed E-state index contributed by atoms with van der Waals surface area (Å²) in [7, 11) is 0. The Morgan fingerprint density at radius 1 is 1.60 bits per heavy atom. The van der Waals surface area contributed by atoms with Crippen LogP contribution < -0.4 is 5.32 Å². The Kier molecular flexibility index (Phi) is 8.62. The van der Waals surface area contributed by atoms with Crippen molar-refractivity contribution in [1.29, 1.82) is 5.26 Å². The summed E-state index contributed by atoms with van der Waals surface area (Å²) in [6.07, 6.45) is 1.17. The molecule has 0 rings (SSSR count). The molecule has 10 heavy (non-hydrogen) atoms. The maximum atomic E-state index is 8.15. The lowest BCUT2D eigenvalue weighted by Crippen LogP contribution is -2.15. The molecule has 0 fully saturated rings. The Bertz CT molecular complexity index is 98.3. The van der Waals surface area contributed by atoms with Gasteiger partial charge in [0.25, 0.3) is 0 Å². The SMILES string of the molecule is CCSCCCNCC#N. The maximum Gasteiger partial charge on any atom is 0.0840 e. The average Bonchev–Trinajstić information content (AvgIpc) is 1.97. The molecule has 0 spiro atoms. The van der Waals surface area contributed by atoms with Crippen LogP contribution in [0.2, 0.25) is 0 Å². The third kappa shape index (κ3) is 7.80. The first-order valence-electron chi connectivity index (χ1n) is 3.57. The molecule has 0 aliphatic rings. The molecule has 0 radical (unpaired) electrons. The number of hydrogen-bond acceptors (Lipinski definition) is 3. The fourth-order valence-corrected chi connectivity index (χ4v) is 1.22. The molecule has 0 bridgehead atoms. The summed E-state index contributed by atoms with van der Waals surface area (Å²) in [5.74, 6) is 2.40. The van der Waals surface area contributed by atoms with E-state index in [4.69, 9.17) is 5.26 Å². The van der Waals surface area contributed by atoms with Crippen LogP contribution in [0.3, 0.4) is 0 Å². The third-order valence-electron chi connectivity index (χ3n) is 1.05. The first-order chi connectivity index (χ1) is 4.91. The normalized spacial score (nSPS) is 9.20. The Morgan fingerprint density at radius 2 is 2.40 bits per heavy atom. The molecule has 0 aromatic carbocycles. The largest absolute Gasteiger partial charge is 0.304 e. The Hall–Kier alpha value is -0.200. The van der Waals surface area contributed by atoms with Gasteiger partial charge >= 0.3 is 0 Å². The van der Waals surface area contributed by atoms with Crippen molar-refractivity contribution in [2.45, 2.75) is 13.3 Å². The van der Waals surface area contributed by atoms with E-state index in [0.29, 0.717) is 6.54 Å².